The normalized spacial score (nSPS) is 25.2. The Morgan fingerprint density at radius 1 is 1.00 bits per heavy atom. The van der Waals surface area contributed by atoms with Gasteiger partial charge in [0.15, 0.2) is 0 Å². The minimum absolute atomic E-state index is 0.215. The van der Waals surface area contributed by atoms with E-state index in [0.717, 1.165) is 42.2 Å². The van der Waals surface area contributed by atoms with Gasteiger partial charge in [-0.2, -0.15) is 0 Å². The standard InChI is InChI=1S/C24H26N4O3/c29-17-10-8-16(9-11-17)26-24-25-13-15-5-3-7-19(21(15)28-24)23(31)27-22-18-6-2-1-4-14(18)12-20(22)30/h1-7,13,16-17,20,22,29-30H,8-12H2,(H,27,31)(H,25,26,28)/t16?,17?,20-,22+/m1/s1. The maximum atomic E-state index is 13.2. The highest BCUT2D eigenvalue weighted by molar-refractivity contribution is 6.05. The Bertz CT molecular complexity index is 1110. The first-order valence-electron chi connectivity index (χ1n) is 10.9. The van der Waals surface area contributed by atoms with E-state index in [1.807, 2.05) is 36.4 Å². The van der Waals surface area contributed by atoms with Gasteiger partial charge in [0.1, 0.15) is 0 Å². The summed E-state index contributed by atoms with van der Waals surface area (Å²) in [6.07, 6.45) is 4.65. The number of nitrogens with zero attached hydrogens (tertiary/aromatic N) is 2. The highest BCUT2D eigenvalue weighted by atomic mass is 16.3. The summed E-state index contributed by atoms with van der Waals surface area (Å²) in [6.45, 7) is 0. The molecular weight excluding hydrogens is 392 g/mol. The van der Waals surface area contributed by atoms with Crippen molar-refractivity contribution in [2.24, 2.45) is 0 Å². The number of amides is 1. The summed E-state index contributed by atoms with van der Waals surface area (Å²) in [5.41, 5.74) is 3.05. The maximum absolute atomic E-state index is 13.2. The molecule has 0 unspecified atom stereocenters. The summed E-state index contributed by atoms with van der Waals surface area (Å²) in [7, 11) is 0. The second-order valence-corrected chi connectivity index (χ2v) is 8.51. The van der Waals surface area contributed by atoms with Gasteiger partial charge in [-0.3, -0.25) is 4.79 Å². The molecule has 2 aliphatic carbocycles. The molecule has 31 heavy (non-hydrogen) atoms. The van der Waals surface area contributed by atoms with E-state index in [2.05, 4.69) is 20.6 Å². The minimum atomic E-state index is -0.648. The van der Waals surface area contributed by atoms with E-state index < -0.39 is 12.1 Å². The molecule has 1 amide bonds. The van der Waals surface area contributed by atoms with E-state index in [4.69, 9.17) is 0 Å². The number of carbonyl (C=O) groups excluding carboxylic acids is 1. The Balaban J connectivity index is 1.39. The maximum Gasteiger partial charge on any atom is 0.254 e. The quantitative estimate of drug-likeness (QED) is 0.519. The number of benzene rings is 2. The van der Waals surface area contributed by atoms with Gasteiger partial charge in [-0.25, -0.2) is 9.97 Å². The fourth-order valence-electron chi connectivity index (χ4n) is 4.68. The predicted molar refractivity (Wildman–Crippen MR) is 118 cm³/mol. The summed E-state index contributed by atoms with van der Waals surface area (Å²) in [4.78, 5) is 22.2. The number of hydrogen-bond acceptors (Lipinski definition) is 6. The van der Waals surface area contributed by atoms with Gasteiger partial charge in [-0.15, -0.1) is 0 Å². The number of fused-ring (bicyclic) bond motifs is 2. The van der Waals surface area contributed by atoms with Crippen LogP contribution in [0.3, 0.4) is 0 Å². The van der Waals surface area contributed by atoms with E-state index in [-0.39, 0.29) is 18.1 Å². The molecule has 0 radical (unpaired) electrons. The van der Waals surface area contributed by atoms with Crippen LogP contribution in [-0.2, 0) is 6.42 Å². The topological polar surface area (TPSA) is 107 Å². The van der Waals surface area contributed by atoms with E-state index in [1.165, 1.54) is 0 Å². The third kappa shape index (κ3) is 3.98. The minimum Gasteiger partial charge on any atom is -0.393 e. The van der Waals surface area contributed by atoms with Crippen LogP contribution < -0.4 is 10.6 Å². The molecule has 0 spiro atoms. The zero-order chi connectivity index (χ0) is 21.4. The smallest absolute Gasteiger partial charge is 0.254 e. The number of aliphatic hydroxyl groups is 2. The predicted octanol–water partition coefficient (Wildman–Crippen LogP) is 2.73. The molecule has 5 rings (SSSR count). The highest BCUT2D eigenvalue weighted by Crippen LogP contribution is 2.32. The lowest BCUT2D eigenvalue weighted by Gasteiger charge is -2.26. The van der Waals surface area contributed by atoms with Crippen molar-refractivity contribution >= 4 is 22.8 Å². The van der Waals surface area contributed by atoms with Crippen molar-refractivity contribution in [2.75, 3.05) is 5.32 Å². The molecule has 7 heteroatoms. The molecule has 4 N–H and O–H groups in total. The lowest BCUT2D eigenvalue weighted by molar-refractivity contribution is 0.0859. The van der Waals surface area contributed by atoms with Crippen molar-refractivity contribution in [3.05, 3.63) is 65.4 Å². The number of para-hydroxylation sites is 1. The first kappa shape index (κ1) is 19.9. The number of carbonyl (C=O) groups is 1. The molecular formula is C24H26N4O3. The van der Waals surface area contributed by atoms with Gasteiger partial charge in [0.05, 0.1) is 29.3 Å². The van der Waals surface area contributed by atoms with Crippen molar-refractivity contribution in [3.8, 4) is 0 Å². The zero-order valence-corrected chi connectivity index (χ0v) is 17.2. The number of aliphatic hydroxyl groups excluding tert-OH is 2. The second-order valence-electron chi connectivity index (χ2n) is 8.51. The van der Waals surface area contributed by atoms with E-state index in [1.54, 1.807) is 12.3 Å². The molecule has 160 valence electrons. The zero-order valence-electron chi connectivity index (χ0n) is 17.2. The summed E-state index contributed by atoms with van der Waals surface area (Å²) in [5.74, 6) is 0.220. The third-order valence-electron chi connectivity index (χ3n) is 6.38. The molecule has 2 aliphatic rings. The summed E-state index contributed by atoms with van der Waals surface area (Å²) in [5, 5.41) is 27.3. The average molecular weight is 418 g/mol. The Hall–Kier alpha value is -3.03. The van der Waals surface area contributed by atoms with Gasteiger partial charge in [-0.05, 0) is 42.9 Å². The molecule has 7 nitrogen and oxygen atoms in total. The first-order valence-corrected chi connectivity index (χ1v) is 10.9. The summed E-state index contributed by atoms with van der Waals surface area (Å²) < 4.78 is 0. The molecule has 1 fully saturated rings. The summed E-state index contributed by atoms with van der Waals surface area (Å²) >= 11 is 0. The molecule has 3 aromatic rings. The Labute approximate surface area is 180 Å². The lowest BCUT2D eigenvalue weighted by atomic mass is 9.93. The van der Waals surface area contributed by atoms with Crippen molar-refractivity contribution in [1.82, 2.24) is 15.3 Å². The SMILES string of the molecule is O=C(N[C@H]1c2ccccc2C[C@H]1O)c1cccc2cnc(NC3CCC(O)CC3)nc12. The van der Waals surface area contributed by atoms with Crippen LogP contribution in [0.25, 0.3) is 10.9 Å². The fourth-order valence-corrected chi connectivity index (χ4v) is 4.68. The average Bonchev–Trinajstić information content (AvgIpc) is 3.10. The van der Waals surface area contributed by atoms with Crippen LogP contribution in [0.15, 0.2) is 48.7 Å². The summed E-state index contributed by atoms with van der Waals surface area (Å²) in [6, 6.07) is 13.0. The Morgan fingerprint density at radius 3 is 2.65 bits per heavy atom. The van der Waals surface area contributed by atoms with Crippen molar-refractivity contribution in [1.29, 1.82) is 0 Å². The molecule has 1 aromatic heterocycles. The van der Waals surface area contributed by atoms with Gasteiger partial charge in [0.25, 0.3) is 5.91 Å². The fraction of sp³-hybridized carbons (Fsp3) is 0.375. The van der Waals surface area contributed by atoms with E-state index in [9.17, 15) is 15.0 Å². The van der Waals surface area contributed by atoms with Gasteiger partial charge < -0.3 is 20.8 Å². The number of aromatic nitrogens is 2. The van der Waals surface area contributed by atoms with Crippen molar-refractivity contribution in [2.45, 2.75) is 56.4 Å². The van der Waals surface area contributed by atoms with Gasteiger partial charge in [-0.1, -0.05) is 36.4 Å². The van der Waals surface area contributed by atoms with Gasteiger partial charge in [0, 0.05) is 24.0 Å². The van der Waals surface area contributed by atoms with Gasteiger partial charge in [0.2, 0.25) is 5.95 Å². The number of rotatable bonds is 4. The van der Waals surface area contributed by atoms with E-state index in [0.29, 0.717) is 23.4 Å². The van der Waals surface area contributed by atoms with Crippen LogP contribution in [0.2, 0.25) is 0 Å². The van der Waals surface area contributed by atoms with Gasteiger partial charge >= 0.3 is 0 Å². The molecule has 0 saturated heterocycles. The van der Waals surface area contributed by atoms with Crippen LogP contribution in [0.5, 0.6) is 0 Å². The Kier molecular flexibility index (Phi) is 5.29. The van der Waals surface area contributed by atoms with Crippen LogP contribution in [0, 0.1) is 0 Å². The van der Waals surface area contributed by atoms with Crippen molar-refractivity contribution in [3.63, 3.8) is 0 Å². The monoisotopic (exact) mass is 418 g/mol. The largest absolute Gasteiger partial charge is 0.393 e. The van der Waals surface area contributed by atoms with Crippen LogP contribution in [0.4, 0.5) is 5.95 Å². The highest BCUT2D eigenvalue weighted by Gasteiger charge is 2.32. The number of nitrogens with one attached hydrogen (secondary N) is 2. The molecule has 1 saturated carbocycles. The molecule has 2 atom stereocenters. The van der Waals surface area contributed by atoms with Crippen molar-refractivity contribution < 1.29 is 15.0 Å². The van der Waals surface area contributed by atoms with Crippen LogP contribution >= 0.6 is 0 Å². The van der Waals surface area contributed by atoms with Crippen LogP contribution in [-0.4, -0.2) is 44.3 Å². The second kappa shape index (κ2) is 8.24. The van der Waals surface area contributed by atoms with E-state index >= 15 is 0 Å². The number of anilines is 1. The molecule has 0 bridgehead atoms. The number of hydrogen-bond donors (Lipinski definition) is 4. The van der Waals surface area contributed by atoms with Crippen LogP contribution in [0.1, 0.15) is 53.2 Å². The lowest BCUT2D eigenvalue weighted by Crippen LogP contribution is -2.34. The first-order chi connectivity index (χ1) is 15.1. The molecule has 0 aliphatic heterocycles. The Morgan fingerprint density at radius 2 is 1.81 bits per heavy atom. The molecule has 1 heterocycles. The molecule has 2 aromatic carbocycles. The third-order valence-corrected chi connectivity index (χ3v) is 6.38.